The molecule has 0 fully saturated rings. The average molecular weight is 329 g/mol. The van der Waals surface area contributed by atoms with Gasteiger partial charge in [-0.3, -0.25) is 0 Å². The predicted octanol–water partition coefficient (Wildman–Crippen LogP) is 2.86. The minimum Gasteiger partial charge on any atom is -0.496 e. The van der Waals surface area contributed by atoms with E-state index in [9.17, 15) is 9.59 Å². The van der Waals surface area contributed by atoms with Gasteiger partial charge in [0.15, 0.2) is 0 Å². The number of aromatic carboxylic acids is 1. The van der Waals surface area contributed by atoms with Crippen LogP contribution in [0.15, 0.2) is 48.5 Å². The second-order valence-electron chi connectivity index (χ2n) is 5.07. The summed E-state index contributed by atoms with van der Waals surface area (Å²) in [5.74, 6) is -0.423. The fourth-order valence-corrected chi connectivity index (χ4v) is 2.18. The van der Waals surface area contributed by atoms with E-state index < -0.39 is 12.1 Å². The molecule has 0 unspecified atom stereocenters. The molecule has 0 aliphatic carbocycles. The van der Waals surface area contributed by atoms with Crippen LogP contribution in [-0.2, 0) is 17.8 Å². The maximum absolute atomic E-state index is 11.7. The van der Waals surface area contributed by atoms with Crippen LogP contribution in [0.1, 0.15) is 21.5 Å². The molecular weight excluding hydrogens is 310 g/mol. The normalized spacial score (nSPS) is 10.0. The standard InChI is InChI=1S/C18H19NO5/c1-23-16-8-7-15(17(20)21)11-14(16)9-10-19-18(22)24-12-13-5-3-2-4-6-13/h2-8,11H,9-10,12H2,1H3,(H,19,22)(H,20,21). The maximum Gasteiger partial charge on any atom is 0.407 e. The smallest absolute Gasteiger partial charge is 0.407 e. The molecule has 0 aromatic heterocycles. The number of hydrogen-bond donors (Lipinski definition) is 2. The van der Waals surface area contributed by atoms with Gasteiger partial charge in [0, 0.05) is 6.54 Å². The molecule has 0 spiro atoms. The lowest BCUT2D eigenvalue weighted by molar-refractivity contribution is 0.0696. The zero-order chi connectivity index (χ0) is 17.4. The van der Waals surface area contributed by atoms with E-state index >= 15 is 0 Å². The molecule has 0 radical (unpaired) electrons. The van der Waals surface area contributed by atoms with Crippen molar-refractivity contribution >= 4 is 12.1 Å². The highest BCUT2D eigenvalue weighted by Crippen LogP contribution is 2.20. The van der Waals surface area contributed by atoms with Gasteiger partial charge in [-0.15, -0.1) is 0 Å². The van der Waals surface area contributed by atoms with Crippen LogP contribution in [0.3, 0.4) is 0 Å². The monoisotopic (exact) mass is 329 g/mol. The summed E-state index contributed by atoms with van der Waals surface area (Å²) in [5, 5.41) is 11.7. The van der Waals surface area contributed by atoms with Crippen molar-refractivity contribution in [3.63, 3.8) is 0 Å². The van der Waals surface area contributed by atoms with E-state index in [-0.39, 0.29) is 12.2 Å². The summed E-state index contributed by atoms with van der Waals surface area (Å²) in [6.45, 7) is 0.511. The lowest BCUT2D eigenvalue weighted by Gasteiger charge is -2.10. The molecule has 2 rings (SSSR count). The number of nitrogens with one attached hydrogen (secondary N) is 1. The molecule has 0 bridgehead atoms. The zero-order valence-corrected chi connectivity index (χ0v) is 13.3. The Morgan fingerprint density at radius 2 is 1.88 bits per heavy atom. The van der Waals surface area contributed by atoms with Crippen molar-refractivity contribution in [2.24, 2.45) is 0 Å². The van der Waals surface area contributed by atoms with E-state index in [0.717, 1.165) is 5.56 Å². The number of carbonyl (C=O) groups excluding carboxylic acids is 1. The number of hydrogen-bond acceptors (Lipinski definition) is 4. The van der Waals surface area contributed by atoms with E-state index in [2.05, 4.69) is 5.32 Å². The molecule has 2 N–H and O–H groups in total. The summed E-state index contributed by atoms with van der Waals surface area (Å²) in [6, 6.07) is 14.0. The molecular formula is C18H19NO5. The molecule has 24 heavy (non-hydrogen) atoms. The maximum atomic E-state index is 11.7. The van der Waals surface area contributed by atoms with Crippen molar-refractivity contribution in [3.8, 4) is 5.75 Å². The molecule has 0 heterocycles. The summed E-state index contributed by atoms with van der Waals surface area (Å²) in [7, 11) is 1.51. The highest BCUT2D eigenvalue weighted by molar-refractivity contribution is 5.88. The molecule has 2 aromatic rings. The van der Waals surface area contributed by atoms with E-state index in [4.69, 9.17) is 14.6 Å². The van der Waals surface area contributed by atoms with Crippen LogP contribution in [0.2, 0.25) is 0 Å². The number of ether oxygens (including phenoxy) is 2. The molecule has 0 saturated heterocycles. The third kappa shape index (κ3) is 5.01. The minimum absolute atomic E-state index is 0.178. The van der Waals surface area contributed by atoms with Crippen molar-refractivity contribution in [3.05, 3.63) is 65.2 Å². The topological polar surface area (TPSA) is 84.9 Å². The molecule has 0 aliphatic heterocycles. The Hall–Kier alpha value is -3.02. The lowest BCUT2D eigenvalue weighted by Crippen LogP contribution is -2.26. The van der Waals surface area contributed by atoms with Gasteiger partial charge in [-0.2, -0.15) is 0 Å². The summed E-state index contributed by atoms with van der Waals surface area (Å²) in [5.41, 5.74) is 1.79. The molecule has 0 aliphatic rings. The fraction of sp³-hybridized carbons (Fsp3) is 0.222. The number of methoxy groups -OCH3 is 1. The van der Waals surface area contributed by atoms with Crippen molar-refractivity contribution in [1.82, 2.24) is 5.32 Å². The number of carbonyl (C=O) groups is 2. The van der Waals surface area contributed by atoms with Crippen LogP contribution in [0.5, 0.6) is 5.75 Å². The Kier molecular flexibility index (Phi) is 6.19. The van der Waals surface area contributed by atoms with Crippen LogP contribution < -0.4 is 10.1 Å². The second kappa shape index (κ2) is 8.57. The van der Waals surface area contributed by atoms with Crippen molar-refractivity contribution in [1.29, 1.82) is 0 Å². The fourth-order valence-electron chi connectivity index (χ4n) is 2.18. The van der Waals surface area contributed by atoms with E-state index in [1.165, 1.54) is 19.2 Å². The molecule has 6 heteroatoms. The Balaban J connectivity index is 1.83. The predicted molar refractivity (Wildman–Crippen MR) is 88.3 cm³/mol. The Morgan fingerprint density at radius 3 is 2.54 bits per heavy atom. The summed E-state index contributed by atoms with van der Waals surface area (Å²) in [4.78, 5) is 22.7. The van der Waals surface area contributed by atoms with E-state index in [1.807, 2.05) is 30.3 Å². The first-order chi connectivity index (χ1) is 11.6. The van der Waals surface area contributed by atoms with E-state index in [1.54, 1.807) is 6.07 Å². The molecule has 126 valence electrons. The van der Waals surface area contributed by atoms with Gasteiger partial charge in [0.1, 0.15) is 12.4 Å². The van der Waals surface area contributed by atoms with Crippen LogP contribution in [-0.4, -0.2) is 30.8 Å². The number of benzene rings is 2. The molecule has 1 amide bonds. The summed E-state index contributed by atoms with van der Waals surface area (Å²) >= 11 is 0. The van der Waals surface area contributed by atoms with Crippen molar-refractivity contribution in [2.75, 3.05) is 13.7 Å². The number of amides is 1. The van der Waals surface area contributed by atoms with Gasteiger partial charge >= 0.3 is 12.1 Å². The Labute approximate surface area is 140 Å². The quantitative estimate of drug-likeness (QED) is 0.816. The van der Waals surface area contributed by atoms with Crippen LogP contribution in [0.4, 0.5) is 4.79 Å². The second-order valence-corrected chi connectivity index (χ2v) is 5.07. The van der Waals surface area contributed by atoms with Gasteiger partial charge < -0.3 is 19.9 Å². The van der Waals surface area contributed by atoms with Crippen LogP contribution in [0.25, 0.3) is 0 Å². The third-order valence-electron chi connectivity index (χ3n) is 3.40. The summed E-state index contributed by atoms with van der Waals surface area (Å²) in [6.07, 6.45) is -0.0859. The van der Waals surface area contributed by atoms with Gasteiger partial charge in [-0.05, 0) is 35.7 Å². The lowest BCUT2D eigenvalue weighted by atomic mass is 10.1. The molecule has 2 aromatic carbocycles. The van der Waals surface area contributed by atoms with Crippen LogP contribution >= 0.6 is 0 Å². The number of carboxylic acids is 1. The van der Waals surface area contributed by atoms with Gasteiger partial charge in [-0.1, -0.05) is 30.3 Å². The summed E-state index contributed by atoms with van der Waals surface area (Å²) < 4.78 is 10.3. The minimum atomic E-state index is -1.01. The Bertz CT molecular complexity index is 700. The van der Waals surface area contributed by atoms with Gasteiger partial charge in [0.2, 0.25) is 0 Å². The highest BCUT2D eigenvalue weighted by Gasteiger charge is 2.10. The first-order valence-electron chi connectivity index (χ1n) is 7.45. The van der Waals surface area contributed by atoms with Crippen molar-refractivity contribution in [2.45, 2.75) is 13.0 Å². The van der Waals surface area contributed by atoms with Gasteiger partial charge in [0.25, 0.3) is 0 Å². The Morgan fingerprint density at radius 1 is 1.12 bits per heavy atom. The molecule has 0 saturated carbocycles. The first kappa shape index (κ1) is 17.3. The zero-order valence-electron chi connectivity index (χ0n) is 13.3. The SMILES string of the molecule is COc1ccc(C(=O)O)cc1CCNC(=O)OCc1ccccc1. The first-order valence-corrected chi connectivity index (χ1v) is 7.45. The third-order valence-corrected chi connectivity index (χ3v) is 3.40. The largest absolute Gasteiger partial charge is 0.496 e. The van der Waals surface area contributed by atoms with Gasteiger partial charge in [0.05, 0.1) is 12.7 Å². The number of alkyl carbamates (subject to hydrolysis) is 1. The average Bonchev–Trinajstić information content (AvgIpc) is 2.60. The van der Waals surface area contributed by atoms with Crippen LogP contribution in [0, 0.1) is 0 Å². The number of rotatable bonds is 7. The van der Waals surface area contributed by atoms with E-state index in [0.29, 0.717) is 24.3 Å². The highest BCUT2D eigenvalue weighted by atomic mass is 16.5. The molecule has 0 atom stereocenters. The van der Waals surface area contributed by atoms with Gasteiger partial charge in [-0.25, -0.2) is 9.59 Å². The molecule has 6 nitrogen and oxygen atoms in total. The van der Waals surface area contributed by atoms with Crippen molar-refractivity contribution < 1.29 is 24.2 Å². The number of carboxylic acid groups (broad SMARTS) is 1.